The number of thiol groups is 1. The van der Waals surface area contributed by atoms with Crippen LogP contribution in [0.4, 0.5) is 5.69 Å². The van der Waals surface area contributed by atoms with Gasteiger partial charge in [0.05, 0.1) is 16.4 Å². The number of fused-ring (bicyclic) bond motifs is 2. The molecule has 2 aromatic carbocycles. The standard InChI is InChI=1S/C23H23NO4S/c1-13(29)24-14-6-8-16(18(11-14)22(26)27)21-17-9-7-15(25)12-19(17)28-20-5-3-4-10-23(20,21)2/h4-13,21,24-25,29H,3H2,1-2H3,(H,26,27). The van der Waals surface area contributed by atoms with Crippen LogP contribution in [0.1, 0.15) is 47.7 Å². The molecule has 0 saturated heterocycles. The summed E-state index contributed by atoms with van der Waals surface area (Å²) in [6, 6.07) is 10.4. The normalized spacial score (nSPS) is 23.3. The summed E-state index contributed by atoms with van der Waals surface area (Å²) >= 11 is 4.33. The predicted molar refractivity (Wildman–Crippen MR) is 116 cm³/mol. The molecule has 0 fully saturated rings. The van der Waals surface area contributed by atoms with Gasteiger partial charge in [0.2, 0.25) is 0 Å². The van der Waals surface area contributed by atoms with Gasteiger partial charge in [-0.3, -0.25) is 0 Å². The van der Waals surface area contributed by atoms with Crippen molar-refractivity contribution in [3.63, 3.8) is 0 Å². The van der Waals surface area contributed by atoms with E-state index >= 15 is 0 Å². The van der Waals surface area contributed by atoms with Crippen molar-refractivity contribution < 1.29 is 19.7 Å². The maximum absolute atomic E-state index is 12.2. The topological polar surface area (TPSA) is 78.8 Å². The van der Waals surface area contributed by atoms with Crippen molar-refractivity contribution in [2.24, 2.45) is 5.41 Å². The van der Waals surface area contributed by atoms with Crippen LogP contribution < -0.4 is 10.1 Å². The Balaban J connectivity index is 1.94. The molecule has 2 aliphatic rings. The number of aromatic hydroxyl groups is 1. The number of hydrogen-bond donors (Lipinski definition) is 4. The van der Waals surface area contributed by atoms with Gasteiger partial charge in [0.25, 0.3) is 0 Å². The fourth-order valence-electron chi connectivity index (χ4n) is 4.29. The molecule has 2 aromatic rings. The Labute approximate surface area is 175 Å². The minimum absolute atomic E-state index is 0.109. The first-order chi connectivity index (χ1) is 13.8. The maximum Gasteiger partial charge on any atom is 0.336 e. The number of nitrogens with one attached hydrogen (secondary N) is 1. The largest absolute Gasteiger partial charge is 0.508 e. The van der Waals surface area contributed by atoms with E-state index in [4.69, 9.17) is 4.74 Å². The summed E-state index contributed by atoms with van der Waals surface area (Å²) < 4.78 is 6.13. The molecule has 0 radical (unpaired) electrons. The average molecular weight is 410 g/mol. The highest BCUT2D eigenvalue weighted by atomic mass is 32.1. The van der Waals surface area contributed by atoms with Gasteiger partial charge in [-0.15, -0.1) is 0 Å². The number of carboxylic acid groups (broad SMARTS) is 1. The molecular weight excluding hydrogens is 386 g/mol. The molecule has 0 bridgehead atoms. The van der Waals surface area contributed by atoms with Crippen LogP contribution in [0.3, 0.4) is 0 Å². The number of anilines is 1. The summed E-state index contributed by atoms with van der Waals surface area (Å²) in [6.07, 6.45) is 6.93. The molecule has 1 aliphatic carbocycles. The third-order valence-corrected chi connectivity index (χ3v) is 5.66. The summed E-state index contributed by atoms with van der Waals surface area (Å²) in [6.45, 7) is 3.94. The third-order valence-electron chi connectivity index (χ3n) is 5.53. The zero-order chi connectivity index (χ0) is 20.8. The molecule has 1 aliphatic heterocycles. The lowest BCUT2D eigenvalue weighted by molar-refractivity contribution is 0.0694. The van der Waals surface area contributed by atoms with Crippen molar-refractivity contribution in [3.05, 3.63) is 77.1 Å². The number of carbonyl (C=O) groups is 1. The number of hydrogen-bond acceptors (Lipinski definition) is 5. The van der Waals surface area contributed by atoms with E-state index in [0.29, 0.717) is 17.0 Å². The molecule has 5 nitrogen and oxygen atoms in total. The van der Waals surface area contributed by atoms with Crippen LogP contribution in [-0.2, 0) is 0 Å². The van der Waals surface area contributed by atoms with E-state index in [9.17, 15) is 15.0 Å². The van der Waals surface area contributed by atoms with E-state index in [2.05, 4.69) is 37.0 Å². The smallest absolute Gasteiger partial charge is 0.336 e. The quantitative estimate of drug-likeness (QED) is 0.319. The van der Waals surface area contributed by atoms with E-state index in [1.165, 1.54) is 0 Å². The second kappa shape index (κ2) is 7.19. The second-order valence-corrected chi connectivity index (χ2v) is 8.45. The van der Waals surface area contributed by atoms with E-state index in [0.717, 1.165) is 17.7 Å². The summed E-state index contributed by atoms with van der Waals surface area (Å²) in [5, 5.41) is 23.0. The molecule has 4 rings (SSSR count). The van der Waals surface area contributed by atoms with Gasteiger partial charge in [0, 0.05) is 23.2 Å². The highest BCUT2D eigenvalue weighted by Gasteiger charge is 2.46. The molecule has 6 heteroatoms. The SMILES string of the molecule is CC(S)Nc1ccc(C2c3ccc(O)cc3OC3=CCC=CC32C)c(C(=O)O)c1. The molecule has 3 N–H and O–H groups in total. The maximum atomic E-state index is 12.2. The van der Waals surface area contributed by atoms with Gasteiger partial charge in [-0.1, -0.05) is 24.3 Å². The Hall–Kier alpha value is -2.86. The van der Waals surface area contributed by atoms with E-state index in [1.54, 1.807) is 18.2 Å². The third kappa shape index (κ3) is 3.38. The van der Waals surface area contributed by atoms with Gasteiger partial charge >= 0.3 is 5.97 Å². The van der Waals surface area contributed by atoms with Crippen LogP contribution in [-0.4, -0.2) is 21.6 Å². The van der Waals surface area contributed by atoms with Crippen molar-refractivity contribution in [3.8, 4) is 11.5 Å². The number of aromatic carboxylic acids is 1. The molecule has 1 heterocycles. The van der Waals surface area contributed by atoms with Crippen LogP contribution in [0.2, 0.25) is 0 Å². The van der Waals surface area contributed by atoms with E-state index in [1.807, 2.05) is 31.2 Å². The minimum Gasteiger partial charge on any atom is -0.508 e. The van der Waals surface area contributed by atoms with Gasteiger partial charge in [-0.05, 0) is 50.1 Å². The second-order valence-electron chi connectivity index (χ2n) is 7.67. The number of carboxylic acids is 1. The minimum atomic E-state index is -0.990. The van der Waals surface area contributed by atoms with Crippen LogP contribution in [0.5, 0.6) is 11.5 Å². The van der Waals surface area contributed by atoms with Crippen LogP contribution in [0, 0.1) is 5.41 Å². The number of allylic oxidation sites excluding steroid dienone is 3. The van der Waals surface area contributed by atoms with Gasteiger partial charge in [0.15, 0.2) is 0 Å². The fraction of sp³-hybridized carbons (Fsp3) is 0.261. The molecule has 3 atom stereocenters. The predicted octanol–water partition coefficient (Wildman–Crippen LogP) is 5.15. The molecule has 29 heavy (non-hydrogen) atoms. The van der Waals surface area contributed by atoms with Gasteiger partial charge in [0.1, 0.15) is 17.3 Å². The highest BCUT2D eigenvalue weighted by molar-refractivity contribution is 7.81. The molecule has 0 amide bonds. The Bertz CT molecular complexity index is 1040. The van der Waals surface area contributed by atoms with Crippen LogP contribution in [0.25, 0.3) is 0 Å². The van der Waals surface area contributed by atoms with Crippen molar-refractivity contribution in [2.45, 2.75) is 31.6 Å². The molecular formula is C23H23NO4S. The average Bonchev–Trinajstić information content (AvgIpc) is 2.66. The number of phenols is 1. The zero-order valence-electron chi connectivity index (χ0n) is 16.2. The zero-order valence-corrected chi connectivity index (χ0v) is 17.1. The summed E-state index contributed by atoms with van der Waals surface area (Å²) in [5.74, 6) is 0.167. The molecule has 0 saturated carbocycles. The summed E-state index contributed by atoms with van der Waals surface area (Å²) in [7, 11) is 0. The van der Waals surface area contributed by atoms with E-state index < -0.39 is 11.4 Å². The number of rotatable bonds is 4. The van der Waals surface area contributed by atoms with Crippen LogP contribution >= 0.6 is 12.6 Å². The molecule has 0 aromatic heterocycles. The Morgan fingerprint density at radius 3 is 2.76 bits per heavy atom. The number of ether oxygens (including phenoxy) is 1. The van der Waals surface area contributed by atoms with Gasteiger partial charge in [-0.25, -0.2) is 4.79 Å². The Morgan fingerprint density at radius 1 is 1.28 bits per heavy atom. The molecule has 3 unspecified atom stereocenters. The lowest BCUT2D eigenvalue weighted by Crippen LogP contribution is -2.35. The van der Waals surface area contributed by atoms with Crippen molar-refractivity contribution in [1.29, 1.82) is 0 Å². The highest BCUT2D eigenvalue weighted by Crippen LogP contribution is 2.56. The first kappa shape index (κ1) is 19.5. The molecule has 0 spiro atoms. The lowest BCUT2D eigenvalue weighted by Gasteiger charge is -2.44. The first-order valence-corrected chi connectivity index (χ1v) is 10.0. The molecule has 150 valence electrons. The van der Waals surface area contributed by atoms with E-state index in [-0.39, 0.29) is 22.6 Å². The summed E-state index contributed by atoms with van der Waals surface area (Å²) in [5.41, 5.74) is 1.95. The summed E-state index contributed by atoms with van der Waals surface area (Å²) in [4.78, 5) is 12.2. The van der Waals surface area contributed by atoms with Crippen LogP contribution in [0.15, 0.2) is 60.4 Å². The lowest BCUT2D eigenvalue weighted by atomic mass is 9.65. The number of benzene rings is 2. The first-order valence-electron chi connectivity index (χ1n) is 9.50. The number of phenolic OH excluding ortho intramolecular Hbond substituents is 1. The van der Waals surface area contributed by atoms with Gasteiger partial charge in [-0.2, -0.15) is 12.6 Å². The van der Waals surface area contributed by atoms with Gasteiger partial charge < -0.3 is 20.3 Å². The Morgan fingerprint density at radius 2 is 2.03 bits per heavy atom. The van der Waals surface area contributed by atoms with Crippen molar-refractivity contribution in [2.75, 3.05) is 5.32 Å². The van der Waals surface area contributed by atoms with Crippen molar-refractivity contribution >= 4 is 24.3 Å². The van der Waals surface area contributed by atoms with Crippen molar-refractivity contribution in [1.82, 2.24) is 0 Å². The fourth-order valence-corrected chi connectivity index (χ4v) is 4.44. The monoisotopic (exact) mass is 409 g/mol. The Kier molecular flexibility index (Phi) is 4.82.